The Bertz CT molecular complexity index is 498. The van der Waals surface area contributed by atoms with Crippen molar-refractivity contribution in [3.63, 3.8) is 0 Å². The molecule has 0 radical (unpaired) electrons. The summed E-state index contributed by atoms with van der Waals surface area (Å²) < 4.78 is 2.33. The van der Waals surface area contributed by atoms with Crippen LogP contribution in [0.3, 0.4) is 0 Å². The predicted molar refractivity (Wildman–Crippen MR) is 70.2 cm³/mol. The SMILES string of the molecule is CC(C)c1cc2ccccn2c1C(C)(C)C. The summed E-state index contributed by atoms with van der Waals surface area (Å²) in [6.07, 6.45) is 2.17. The van der Waals surface area contributed by atoms with Gasteiger partial charge in [0.25, 0.3) is 0 Å². The van der Waals surface area contributed by atoms with Crippen LogP contribution in [-0.4, -0.2) is 4.40 Å². The summed E-state index contributed by atoms with van der Waals surface area (Å²) in [4.78, 5) is 0. The highest BCUT2D eigenvalue weighted by molar-refractivity contribution is 5.55. The fourth-order valence-corrected chi connectivity index (χ4v) is 2.38. The first kappa shape index (κ1) is 11.3. The maximum Gasteiger partial charge on any atom is 0.0456 e. The van der Waals surface area contributed by atoms with E-state index in [0.29, 0.717) is 5.92 Å². The summed E-state index contributed by atoms with van der Waals surface area (Å²) in [6, 6.07) is 8.71. The fraction of sp³-hybridized carbons (Fsp3) is 0.467. The molecule has 0 amide bonds. The van der Waals surface area contributed by atoms with E-state index in [1.165, 1.54) is 16.8 Å². The van der Waals surface area contributed by atoms with Crippen molar-refractivity contribution >= 4 is 5.52 Å². The largest absolute Gasteiger partial charge is 0.320 e. The minimum Gasteiger partial charge on any atom is -0.320 e. The first-order valence-corrected chi connectivity index (χ1v) is 6.01. The van der Waals surface area contributed by atoms with Crippen LogP contribution in [0.5, 0.6) is 0 Å². The highest BCUT2D eigenvalue weighted by atomic mass is 14.9. The molecule has 0 saturated carbocycles. The molecule has 2 heterocycles. The smallest absolute Gasteiger partial charge is 0.0456 e. The zero-order valence-electron chi connectivity index (χ0n) is 10.9. The summed E-state index contributed by atoms with van der Waals surface area (Å²) in [5.74, 6) is 0.578. The van der Waals surface area contributed by atoms with Gasteiger partial charge in [0, 0.05) is 22.8 Å². The Morgan fingerprint density at radius 3 is 2.38 bits per heavy atom. The monoisotopic (exact) mass is 215 g/mol. The molecule has 16 heavy (non-hydrogen) atoms. The molecule has 2 aromatic rings. The van der Waals surface area contributed by atoms with E-state index in [2.05, 4.69) is 69.5 Å². The second kappa shape index (κ2) is 3.65. The Hall–Kier alpha value is -1.24. The van der Waals surface area contributed by atoms with Gasteiger partial charge in [0.15, 0.2) is 0 Å². The Morgan fingerprint density at radius 2 is 1.81 bits per heavy atom. The number of hydrogen-bond donors (Lipinski definition) is 0. The standard InChI is InChI=1S/C15H21N/c1-11(2)13-10-12-8-6-7-9-16(12)14(13)15(3,4)5/h6-11H,1-5H3. The molecule has 0 aliphatic carbocycles. The van der Waals surface area contributed by atoms with Gasteiger partial charge in [0.2, 0.25) is 0 Å². The average molecular weight is 215 g/mol. The summed E-state index contributed by atoms with van der Waals surface area (Å²) >= 11 is 0. The van der Waals surface area contributed by atoms with Crippen LogP contribution in [0.1, 0.15) is 51.8 Å². The number of aromatic nitrogens is 1. The maximum absolute atomic E-state index is 2.33. The first-order chi connectivity index (χ1) is 7.41. The van der Waals surface area contributed by atoms with Gasteiger partial charge in [-0.25, -0.2) is 0 Å². The molecular formula is C15H21N. The van der Waals surface area contributed by atoms with E-state index < -0.39 is 0 Å². The van der Waals surface area contributed by atoms with E-state index in [1.54, 1.807) is 0 Å². The molecule has 0 atom stereocenters. The summed E-state index contributed by atoms with van der Waals surface area (Å²) in [5.41, 5.74) is 4.40. The number of pyridine rings is 1. The van der Waals surface area contributed by atoms with Gasteiger partial charge in [-0.3, -0.25) is 0 Å². The predicted octanol–water partition coefficient (Wildman–Crippen LogP) is 4.36. The van der Waals surface area contributed by atoms with Crippen LogP contribution < -0.4 is 0 Å². The Morgan fingerprint density at radius 1 is 1.12 bits per heavy atom. The molecule has 0 N–H and O–H groups in total. The van der Waals surface area contributed by atoms with E-state index in [0.717, 1.165) is 0 Å². The fourth-order valence-electron chi connectivity index (χ4n) is 2.38. The van der Waals surface area contributed by atoms with Gasteiger partial charge in [-0.2, -0.15) is 0 Å². The van der Waals surface area contributed by atoms with Crippen molar-refractivity contribution < 1.29 is 0 Å². The van der Waals surface area contributed by atoms with Crippen molar-refractivity contribution in [2.24, 2.45) is 0 Å². The molecule has 2 aromatic heterocycles. The van der Waals surface area contributed by atoms with Crippen molar-refractivity contribution in [1.82, 2.24) is 4.40 Å². The van der Waals surface area contributed by atoms with Gasteiger partial charge in [0.05, 0.1) is 0 Å². The molecule has 2 rings (SSSR count). The molecule has 0 fully saturated rings. The molecular weight excluding hydrogens is 194 g/mol. The number of rotatable bonds is 1. The van der Waals surface area contributed by atoms with Gasteiger partial charge >= 0.3 is 0 Å². The lowest BCUT2D eigenvalue weighted by Crippen LogP contribution is -2.17. The molecule has 0 spiro atoms. The Kier molecular flexibility index (Phi) is 2.57. The van der Waals surface area contributed by atoms with E-state index in [4.69, 9.17) is 0 Å². The van der Waals surface area contributed by atoms with Crippen LogP contribution in [0.25, 0.3) is 5.52 Å². The summed E-state index contributed by atoms with van der Waals surface area (Å²) in [6.45, 7) is 11.4. The summed E-state index contributed by atoms with van der Waals surface area (Å²) in [7, 11) is 0. The van der Waals surface area contributed by atoms with Crippen LogP contribution in [0.4, 0.5) is 0 Å². The van der Waals surface area contributed by atoms with Crippen molar-refractivity contribution in [2.45, 2.75) is 46.0 Å². The van der Waals surface area contributed by atoms with Crippen LogP contribution >= 0.6 is 0 Å². The van der Waals surface area contributed by atoms with Crippen molar-refractivity contribution in [2.75, 3.05) is 0 Å². The van der Waals surface area contributed by atoms with E-state index >= 15 is 0 Å². The highest BCUT2D eigenvalue weighted by Crippen LogP contribution is 2.33. The second-order valence-corrected chi connectivity index (χ2v) is 5.85. The quantitative estimate of drug-likeness (QED) is 0.665. The van der Waals surface area contributed by atoms with Crippen molar-refractivity contribution in [1.29, 1.82) is 0 Å². The van der Waals surface area contributed by atoms with E-state index in [-0.39, 0.29) is 5.41 Å². The molecule has 0 bridgehead atoms. The third-order valence-electron chi connectivity index (χ3n) is 3.04. The Balaban J connectivity index is 2.80. The van der Waals surface area contributed by atoms with Crippen LogP contribution in [0.2, 0.25) is 0 Å². The van der Waals surface area contributed by atoms with Crippen LogP contribution in [0.15, 0.2) is 30.5 Å². The maximum atomic E-state index is 2.33. The Labute approximate surface area is 98.1 Å². The second-order valence-electron chi connectivity index (χ2n) is 5.85. The topological polar surface area (TPSA) is 4.41 Å². The van der Waals surface area contributed by atoms with Gasteiger partial charge in [-0.05, 0) is 29.7 Å². The molecule has 0 saturated heterocycles. The van der Waals surface area contributed by atoms with Crippen LogP contribution in [0, 0.1) is 0 Å². The molecule has 1 nitrogen and oxygen atoms in total. The third-order valence-corrected chi connectivity index (χ3v) is 3.04. The van der Waals surface area contributed by atoms with Crippen molar-refractivity contribution in [3.05, 3.63) is 41.7 Å². The van der Waals surface area contributed by atoms with Gasteiger partial charge in [0.1, 0.15) is 0 Å². The molecule has 1 heteroatoms. The van der Waals surface area contributed by atoms with Crippen LogP contribution in [-0.2, 0) is 5.41 Å². The van der Waals surface area contributed by atoms with Gasteiger partial charge in [-0.15, -0.1) is 0 Å². The zero-order chi connectivity index (χ0) is 11.9. The number of hydrogen-bond acceptors (Lipinski definition) is 0. The van der Waals surface area contributed by atoms with E-state index in [9.17, 15) is 0 Å². The van der Waals surface area contributed by atoms with Crippen molar-refractivity contribution in [3.8, 4) is 0 Å². The first-order valence-electron chi connectivity index (χ1n) is 6.01. The minimum absolute atomic E-state index is 0.188. The molecule has 0 aliphatic rings. The normalized spacial score (nSPS) is 12.6. The third kappa shape index (κ3) is 1.75. The lowest BCUT2D eigenvalue weighted by atomic mass is 9.86. The average Bonchev–Trinajstić information content (AvgIpc) is 2.55. The molecule has 0 aromatic carbocycles. The molecule has 86 valence electrons. The highest BCUT2D eigenvalue weighted by Gasteiger charge is 2.23. The summed E-state index contributed by atoms with van der Waals surface area (Å²) in [5, 5.41) is 0. The van der Waals surface area contributed by atoms with Gasteiger partial charge < -0.3 is 4.40 Å². The molecule has 0 aliphatic heterocycles. The lowest BCUT2D eigenvalue weighted by Gasteiger charge is -2.22. The molecule has 0 unspecified atom stereocenters. The van der Waals surface area contributed by atoms with E-state index in [1.807, 2.05) is 0 Å². The zero-order valence-corrected chi connectivity index (χ0v) is 10.9. The van der Waals surface area contributed by atoms with Gasteiger partial charge in [-0.1, -0.05) is 40.7 Å². The lowest BCUT2D eigenvalue weighted by molar-refractivity contribution is 0.552. The minimum atomic E-state index is 0.188. The number of fused-ring (bicyclic) bond motifs is 1. The number of nitrogens with zero attached hydrogens (tertiary/aromatic N) is 1.